The molecule has 1 aromatic heterocycles. The largest absolute Gasteiger partial charge is 0.464 e. The van der Waals surface area contributed by atoms with Crippen molar-refractivity contribution in [3.63, 3.8) is 0 Å². The number of fused-ring (bicyclic) bond motifs is 1. The van der Waals surface area contributed by atoms with Gasteiger partial charge in [0.15, 0.2) is 11.9 Å². The van der Waals surface area contributed by atoms with Gasteiger partial charge in [-0.25, -0.2) is 9.48 Å². The van der Waals surface area contributed by atoms with Gasteiger partial charge in [-0.2, -0.15) is 10.4 Å². The zero-order valence-corrected chi connectivity index (χ0v) is 11.7. The molecule has 1 fully saturated rings. The van der Waals surface area contributed by atoms with Crippen LogP contribution in [0.25, 0.3) is 10.9 Å². The molecule has 0 bridgehead atoms. The lowest BCUT2D eigenvalue weighted by atomic mass is 10.1. The molecule has 0 N–H and O–H groups in total. The number of aromatic nitrogens is 2. The second kappa shape index (κ2) is 5.54. The first-order chi connectivity index (χ1) is 10.2. The van der Waals surface area contributed by atoms with E-state index in [4.69, 9.17) is 14.7 Å². The molecule has 0 spiro atoms. The molecule has 1 aliphatic rings. The molecule has 3 rings (SSSR count). The Morgan fingerprint density at radius 1 is 1.52 bits per heavy atom. The van der Waals surface area contributed by atoms with Crippen molar-refractivity contribution < 1.29 is 14.3 Å². The van der Waals surface area contributed by atoms with E-state index < -0.39 is 5.97 Å². The number of methoxy groups -OCH3 is 1. The molecule has 6 nitrogen and oxygen atoms in total. The standard InChI is InChI=1S/C15H15N3O3/c1-20-15(19)14-11-8-10(9-16)5-6-12(11)18(17-14)13-4-2-3-7-21-13/h5-6,8,13H,2-4,7H2,1H3. The number of hydrogen-bond acceptors (Lipinski definition) is 5. The van der Waals surface area contributed by atoms with Crippen molar-refractivity contribution >= 4 is 16.9 Å². The molecule has 6 heteroatoms. The van der Waals surface area contributed by atoms with Gasteiger partial charge in [0.25, 0.3) is 0 Å². The predicted molar refractivity (Wildman–Crippen MR) is 74.6 cm³/mol. The van der Waals surface area contributed by atoms with Crippen LogP contribution < -0.4 is 0 Å². The Bertz CT molecular complexity index is 724. The summed E-state index contributed by atoms with van der Waals surface area (Å²) in [6, 6.07) is 7.24. The van der Waals surface area contributed by atoms with Crippen LogP contribution in [-0.4, -0.2) is 29.5 Å². The maximum atomic E-state index is 11.9. The molecule has 108 valence electrons. The summed E-state index contributed by atoms with van der Waals surface area (Å²) in [5, 5.41) is 14.0. The summed E-state index contributed by atoms with van der Waals surface area (Å²) in [4.78, 5) is 11.9. The van der Waals surface area contributed by atoms with Gasteiger partial charge >= 0.3 is 5.97 Å². The Hall–Kier alpha value is -2.39. The molecule has 21 heavy (non-hydrogen) atoms. The van der Waals surface area contributed by atoms with Crippen molar-refractivity contribution in [3.05, 3.63) is 29.5 Å². The summed E-state index contributed by atoms with van der Waals surface area (Å²) in [6.45, 7) is 0.690. The lowest BCUT2D eigenvalue weighted by Crippen LogP contribution is -2.19. The predicted octanol–water partition coefficient (Wildman–Crippen LogP) is 2.39. The highest BCUT2D eigenvalue weighted by atomic mass is 16.5. The lowest BCUT2D eigenvalue weighted by molar-refractivity contribution is -0.0369. The zero-order chi connectivity index (χ0) is 14.8. The first-order valence-corrected chi connectivity index (χ1v) is 6.87. The van der Waals surface area contributed by atoms with E-state index in [0.29, 0.717) is 17.6 Å². The summed E-state index contributed by atoms with van der Waals surface area (Å²) in [7, 11) is 1.32. The van der Waals surface area contributed by atoms with Crippen LogP contribution in [0.4, 0.5) is 0 Å². The molecule has 0 saturated carbocycles. The first-order valence-electron chi connectivity index (χ1n) is 6.87. The van der Waals surface area contributed by atoms with Gasteiger partial charge in [0.05, 0.1) is 24.3 Å². The van der Waals surface area contributed by atoms with Gasteiger partial charge in [-0.3, -0.25) is 0 Å². The third-order valence-corrected chi connectivity index (χ3v) is 3.64. The van der Waals surface area contributed by atoms with Gasteiger partial charge in [-0.05, 0) is 37.5 Å². The molecule has 1 saturated heterocycles. The number of benzene rings is 1. The van der Waals surface area contributed by atoms with Crippen LogP contribution in [0.2, 0.25) is 0 Å². The number of rotatable bonds is 2. The van der Waals surface area contributed by atoms with E-state index in [2.05, 4.69) is 11.2 Å². The smallest absolute Gasteiger partial charge is 0.359 e. The number of nitriles is 1. The van der Waals surface area contributed by atoms with Crippen molar-refractivity contribution in [3.8, 4) is 6.07 Å². The number of carbonyl (C=O) groups excluding carboxylic acids is 1. The third-order valence-electron chi connectivity index (χ3n) is 3.64. The number of esters is 1. The van der Waals surface area contributed by atoms with E-state index in [-0.39, 0.29) is 11.9 Å². The minimum atomic E-state index is -0.510. The number of carbonyl (C=O) groups is 1. The Labute approximate surface area is 121 Å². The molecule has 1 atom stereocenters. The van der Waals surface area contributed by atoms with Crippen LogP contribution in [0.1, 0.15) is 41.5 Å². The molecule has 0 aliphatic carbocycles. The van der Waals surface area contributed by atoms with Crippen LogP contribution in [0.15, 0.2) is 18.2 Å². The van der Waals surface area contributed by atoms with Crippen LogP contribution in [0.3, 0.4) is 0 Å². The van der Waals surface area contributed by atoms with Crippen molar-refractivity contribution in [1.29, 1.82) is 5.26 Å². The summed E-state index contributed by atoms with van der Waals surface area (Å²) in [5.74, 6) is -0.510. The molecule has 0 radical (unpaired) electrons. The third kappa shape index (κ3) is 2.36. The Morgan fingerprint density at radius 2 is 2.38 bits per heavy atom. The van der Waals surface area contributed by atoms with Crippen LogP contribution in [0, 0.1) is 11.3 Å². The zero-order valence-electron chi connectivity index (χ0n) is 11.7. The van der Waals surface area contributed by atoms with Gasteiger partial charge in [-0.15, -0.1) is 0 Å². The van der Waals surface area contributed by atoms with Crippen molar-refractivity contribution in [2.24, 2.45) is 0 Å². The van der Waals surface area contributed by atoms with E-state index in [9.17, 15) is 4.79 Å². The second-order valence-electron chi connectivity index (χ2n) is 4.95. The molecular weight excluding hydrogens is 270 g/mol. The molecule has 2 heterocycles. The topological polar surface area (TPSA) is 77.1 Å². The summed E-state index contributed by atoms with van der Waals surface area (Å²) < 4.78 is 12.2. The Morgan fingerprint density at radius 3 is 3.05 bits per heavy atom. The fourth-order valence-corrected chi connectivity index (χ4v) is 2.59. The summed E-state index contributed by atoms with van der Waals surface area (Å²) in [6.07, 6.45) is 2.79. The molecular formula is C15H15N3O3. The Balaban J connectivity index is 2.16. The van der Waals surface area contributed by atoms with Crippen molar-refractivity contribution in [2.45, 2.75) is 25.5 Å². The lowest BCUT2D eigenvalue weighted by Gasteiger charge is -2.23. The Kier molecular flexibility index (Phi) is 3.59. The minimum absolute atomic E-state index is 0.174. The monoisotopic (exact) mass is 285 g/mol. The van der Waals surface area contributed by atoms with Crippen LogP contribution >= 0.6 is 0 Å². The minimum Gasteiger partial charge on any atom is -0.464 e. The van der Waals surface area contributed by atoms with Gasteiger partial charge < -0.3 is 9.47 Å². The number of nitrogens with zero attached hydrogens (tertiary/aromatic N) is 3. The van der Waals surface area contributed by atoms with E-state index in [0.717, 1.165) is 24.8 Å². The molecule has 1 aliphatic heterocycles. The summed E-state index contributed by atoms with van der Waals surface area (Å²) >= 11 is 0. The van der Waals surface area contributed by atoms with Gasteiger partial charge in [0.1, 0.15) is 0 Å². The highest BCUT2D eigenvalue weighted by Gasteiger charge is 2.24. The van der Waals surface area contributed by atoms with E-state index in [1.165, 1.54) is 7.11 Å². The highest BCUT2D eigenvalue weighted by Crippen LogP contribution is 2.28. The van der Waals surface area contributed by atoms with E-state index in [1.807, 2.05) is 0 Å². The molecule has 0 amide bonds. The van der Waals surface area contributed by atoms with Crippen molar-refractivity contribution in [2.75, 3.05) is 13.7 Å². The number of hydrogen-bond donors (Lipinski definition) is 0. The SMILES string of the molecule is COC(=O)c1nn(C2CCCCO2)c2ccc(C#N)cc12. The normalized spacial score (nSPS) is 18.4. The average molecular weight is 285 g/mol. The van der Waals surface area contributed by atoms with E-state index >= 15 is 0 Å². The molecule has 2 aromatic rings. The van der Waals surface area contributed by atoms with Gasteiger partial charge in [0, 0.05) is 12.0 Å². The molecule has 1 aromatic carbocycles. The van der Waals surface area contributed by atoms with E-state index in [1.54, 1.807) is 22.9 Å². The van der Waals surface area contributed by atoms with Gasteiger partial charge in [-0.1, -0.05) is 0 Å². The van der Waals surface area contributed by atoms with Crippen molar-refractivity contribution in [1.82, 2.24) is 9.78 Å². The van der Waals surface area contributed by atoms with Gasteiger partial charge in [0.2, 0.25) is 0 Å². The van der Waals surface area contributed by atoms with Crippen LogP contribution in [-0.2, 0) is 9.47 Å². The second-order valence-corrected chi connectivity index (χ2v) is 4.95. The highest BCUT2D eigenvalue weighted by molar-refractivity contribution is 6.02. The quantitative estimate of drug-likeness (QED) is 0.792. The summed E-state index contributed by atoms with van der Waals surface area (Å²) in [5.41, 5.74) is 1.48. The first kappa shape index (κ1) is 13.6. The fourth-order valence-electron chi connectivity index (χ4n) is 2.59. The molecule has 1 unspecified atom stereocenters. The maximum Gasteiger partial charge on any atom is 0.359 e. The van der Waals surface area contributed by atoms with Crippen LogP contribution in [0.5, 0.6) is 0 Å². The average Bonchev–Trinajstić information content (AvgIpc) is 2.93. The maximum absolute atomic E-state index is 11.9. The fraction of sp³-hybridized carbons (Fsp3) is 0.400. The number of ether oxygens (including phenoxy) is 2.